The van der Waals surface area contributed by atoms with Gasteiger partial charge in [-0.2, -0.15) is 0 Å². The Bertz CT molecular complexity index is 234. The fraction of sp³-hybridized carbons (Fsp3) is 0.923. The molecule has 1 rings (SSSR count). The maximum atomic E-state index is 12.0. The van der Waals surface area contributed by atoms with Crippen molar-refractivity contribution in [1.82, 2.24) is 5.32 Å². The van der Waals surface area contributed by atoms with Gasteiger partial charge < -0.3 is 11.1 Å². The number of hydrogen-bond donors (Lipinski definition) is 2. The van der Waals surface area contributed by atoms with Crippen LogP contribution in [0.2, 0.25) is 0 Å². The first-order valence-corrected chi connectivity index (χ1v) is 6.59. The molecule has 3 heteroatoms. The van der Waals surface area contributed by atoms with E-state index in [-0.39, 0.29) is 5.91 Å². The lowest BCUT2D eigenvalue weighted by molar-refractivity contribution is -0.126. The molecule has 3 nitrogen and oxygen atoms in total. The Morgan fingerprint density at radius 2 is 2.12 bits per heavy atom. The molecule has 16 heavy (non-hydrogen) atoms. The van der Waals surface area contributed by atoms with Crippen molar-refractivity contribution in [3.8, 4) is 0 Å². The van der Waals surface area contributed by atoms with E-state index in [2.05, 4.69) is 19.2 Å². The Kier molecular flexibility index (Phi) is 4.78. The summed E-state index contributed by atoms with van der Waals surface area (Å²) in [7, 11) is 0. The van der Waals surface area contributed by atoms with Crippen LogP contribution in [0.4, 0.5) is 0 Å². The van der Waals surface area contributed by atoms with Gasteiger partial charge in [0.2, 0.25) is 5.91 Å². The lowest BCUT2D eigenvalue weighted by Gasteiger charge is -2.26. The van der Waals surface area contributed by atoms with Gasteiger partial charge >= 0.3 is 0 Å². The standard InChI is InChI=1S/C13H26N2O/c1-4-8-13(3,14)12(16)15-11(5-2)9-10-6-7-10/h10-11H,4-9,14H2,1-3H3,(H,15,16). The zero-order chi connectivity index (χ0) is 12.2. The number of hydrogen-bond acceptors (Lipinski definition) is 2. The highest BCUT2D eigenvalue weighted by molar-refractivity contribution is 5.85. The van der Waals surface area contributed by atoms with Crippen LogP contribution in [0, 0.1) is 5.92 Å². The molecular formula is C13H26N2O. The fourth-order valence-corrected chi connectivity index (χ4v) is 2.07. The van der Waals surface area contributed by atoms with Crippen molar-refractivity contribution in [1.29, 1.82) is 0 Å². The third-order valence-corrected chi connectivity index (χ3v) is 3.43. The zero-order valence-corrected chi connectivity index (χ0v) is 10.9. The van der Waals surface area contributed by atoms with Crippen molar-refractivity contribution in [2.45, 2.75) is 70.9 Å². The summed E-state index contributed by atoms with van der Waals surface area (Å²) in [5.74, 6) is 0.863. The van der Waals surface area contributed by atoms with Crippen LogP contribution in [0.1, 0.15) is 59.3 Å². The van der Waals surface area contributed by atoms with Gasteiger partial charge in [0, 0.05) is 6.04 Å². The molecule has 0 aliphatic heterocycles. The third-order valence-electron chi connectivity index (χ3n) is 3.43. The van der Waals surface area contributed by atoms with Gasteiger partial charge in [-0.05, 0) is 32.1 Å². The maximum absolute atomic E-state index is 12.0. The second-order valence-corrected chi connectivity index (χ2v) is 5.43. The van der Waals surface area contributed by atoms with Crippen LogP contribution in [0.3, 0.4) is 0 Å². The normalized spacial score (nSPS) is 21.2. The molecule has 2 unspecified atom stereocenters. The highest BCUT2D eigenvalue weighted by atomic mass is 16.2. The lowest BCUT2D eigenvalue weighted by atomic mass is 9.95. The molecule has 0 radical (unpaired) electrons. The van der Waals surface area contributed by atoms with E-state index in [0.717, 1.165) is 31.6 Å². The van der Waals surface area contributed by atoms with Crippen molar-refractivity contribution >= 4 is 5.91 Å². The van der Waals surface area contributed by atoms with E-state index in [1.165, 1.54) is 12.8 Å². The lowest BCUT2D eigenvalue weighted by Crippen LogP contribution is -2.54. The molecular weight excluding hydrogens is 200 g/mol. The van der Waals surface area contributed by atoms with E-state index in [4.69, 9.17) is 5.73 Å². The summed E-state index contributed by atoms with van der Waals surface area (Å²) in [4.78, 5) is 12.0. The van der Waals surface area contributed by atoms with Crippen LogP contribution in [-0.2, 0) is 4.79 Å². The Balaban J connectivity index is 2.40. The van der Waals surface area contributed by atoms with Crippen LogP contribution < -0.4 is 11.1 Å². The van der Waals surface area contributed by atoms with E-state index in [1.54, 1.807) is 0 Å². The van der Waals surface area contributed by atoms with Crippen molar-refractivity contribution in [3.05, 3.63) is 0 Å². The number of carbonyl (C=O) groups is 1. The molecule has 1 amide bonds. The van der Waals surface area contributed by atoms with Gasteiger partial charge in [-0.1, -0.05) is 33.1 Å². The van der Waals surface area contributed by atoms with Crippen LogP contribution in [0.25, 0.3) is 0 Å². The molecule has 3 N–H and O–H groups in total. The molecule has 0 bridgehead atoms. The van der Waals surface area contributed by atoms with E-state index < -0.39 is 5.54 Å². The Morgan fingerprint density at radius 3 is 2.56 bits per heavy atom. The number of rotatable bonds is 7. The largest absolute Gasteiger partial charge is 0.352 e. The van der Waals surface area contributed by atoms with Gasteiger partial charge in [-0.25, -0.2) is 0 Å². The van der Waals surface area contributed by atoms with Crippen molar-refractivity contribution < 1.29 is 4.79 Å². The summed E-state index contributed by atoms with van der Waals surface area (Å²) in [6.45, 7) is 6.01. The molecule has 1 fully saturated rings. The summed E-state index contributed by atoms with van der Waals surface area (Å²) < 4.78 is 0. The topological polar surface area (TPSA) is 55.1 Å². The van der Waals surface area contributed by atoms with Gasteiger partial charge in [-0.15, -0.1) is 0 Å². The number of nitrogens with two attached hydrogens (primary N) is 1. The highest BCUT2D eigenvalue weighted by Gasteiger charge is 2.31. The predicted octanol–water partition coefficient (Wildman–Crippen LogP) is 2.20. The molecule has 94 valence electrons. The molecule has 0 aromatic heterocycles. The molecule has 0 aromatic rings. The molecule has 0 spiro atoms. The number of carbonyl (C=O) groups excluding carboxylic acids is 1. The van der Waals surface area contributed by atoms with Crippen LogP contribution in [-0.4, -0.2) is 17.5 Å². The summed E-state index contributed by atoms with van der Waals surface area (Å²) in [6, 6.07) is 0.319. The fourth-order valence-electron chi connectivity index (χ4n) is 2.07. The SMILES string of the molecule is CCCC(C)(N)C(=O)NC(CC)CC1CC1. The van der Waals surface area contributed by atoms with Gasteiger partial charge in [-0.3, -0.25) is 4.79 Å². The molecule has 1 aliphatic carbocycles. The van der Waals surface area contributed by atoms with E-state index >= 15 is 0 Å². The molecule has 1 saturated carbocycles. The van der Waals surface area contributed by atoms with Gasteiger partial charge in [0.25, 0.3) is 0 Å². The minimum atomic E-state index is -0.703. The third kappa shape index (κ3) is 4.12. The molecule has 0 aromatic carbocycles. The van der Waals surface area contributed by atoms with Crippen molar-refractivity contribution in [2.24, 2.45) is 11.7 Å². The van der Waals surface area contributed by atoms with Crippen LogP contribution >= 0.6 is 0 Å². The maximum Gasteiger partial charge on any atom is 0.240 e. The average Bonchev–Trinajstić information content (AvgIpc) is 3.00. The highest BCUT2D eigenvalue weighted by Crippen LogP contribution is 2.34. The second kappa shape index (κ2) is 5.67. The summed E-state index contributed by atoms with van der Waals surface area (Å²) in [5.41, 5.74) is 5.31. The van der Waals surface area contributed by atoms with Crippen LogP contribution in [0.15, 0.2) is 0 Å². The second-order valence-electron chi connectivity index (χ2n) is 5.43. The smallest absolute Gasteiger partial charge is 0.240 e. The number of amides is 1. The first-order valence-electron chi connectivity index (χ1n) is 6.59. The molecule has 0 heterocycles. The zero-order valence-electron chi connectivity index (χ0n) is 10.9. The first-order chi connectivity index (χ1) is 7.49. The average molecular weight is 226 g/mol. The van der Waals surface area contributed by atoms with Gasteiger partial charge in [0.05, 0.1) is 5.54 Å². The Labute approximate surface area is 99.2 Å². The minimum Gasteiger partial charge on any atom is -0.352 e. The monoisotopic (exact) mass is 226 g/mol. The molecule has 1 aliphatic rings. The van der Waals surface area contributed by atoms with Gasteiger partial charge in [0.15, 0.2) is 0 Å². The summed E-state index contributed by atoms with van der Waals surface area (Å²) >= 11 is 0. The first kappa shape index (κ1) is 13.5. The van der Waals surface area contributed by atoms with E-state index in [1.807, 2.05) is 6.92 Å². The summed E-state index contributed by atoms with van der Waals surface area (Å²) in [5, 5.41) is 3.10. The van der Waals surface area contributed by atoms with Crippen molar-refractivity contribution in [2.75, 3.05) is 0 Å². The van der Waals surface area contributed by atoms with Crippen LogP contribution in [0.5, 0.6) is 0 Å². The summed E-state index contributed by atoms with van der Waals surface area (Å²) in [6.07, 6.45) is 6.50. The predicted molar refractivity (Wildman–Crippen MR) is 67.1 cm³/mol. The molecule has 0 saturated heterocycles. The van der Waals surface area contributed by atoms with E-state index in [0.29, 0.717) is 6.04 Å². The minimum absolute atomic E-state index is 0.0156. The number of nitrogens with one attached hydrogen (secondary N) is 1. The Morgan fingerprint density at radius 1 is 1.50 bits per heavy atom. The molecule has 2 atom stereocenters. The van der Waals surface area contributed by atoms with E-state index in [9.17, 15) is 4.79 Å². The Hall–Kier alpha value is -0.570. The quantitative estimate of drug-likeness (QED) is 0.699. The van der Waals surface area contributed by atoms with Gasteiger partial charge in [0.1, 0.15) is 0 Å². The van der Waals surface area contributed by atoms with Crippen molar-refractivity contribution in [3.63, 3.8) is 0 Å².